The summed E-state index contributed by atoms with van der Waals surface area (Å²) < 4.78 is 1.67. The van der Waals surface area contributed by atoms with Crippen molar-refractivity contribution >= 4 is 17.7 Å². The van der Waals surface area contributed by atoms with Crippen LogP contribution in [-0.4, -0.2) is 81.5 Å². The SMILES string of the molecule is Cc1nn(C)cc1C(=O)N1CCC(CN2CC(C(=O)N3CCCC3)CC2=O)CC1. The maximum Gasteiger partial charge on any atom is 0.257 e. The lowest BCUT2D eigenvalue weighted by Crippen LogP contribution is -2.42. The fraction of sp³-hybridized carbons (Fsp3) is 0.714. The molecule has 1 aromatic rings. The summed E-state index contributed by atoms with van der Waals surface area (Å²) in [5, 5.41) is 4.26. The van der Waals surface area contributed by atoms with E-state index in [1.54, 1.807) is 10.9 Å². The van der Waals surface area contributed by atoms with Gasteiger partial charge in [0.05, 0.1) is 17.2 Å². The molecule has 0 radical (unpaired) electrons. The van der Waals surface area contributed by atoms with E-state index in [-0.39, 0.29) is 23.6 Å². The largest absolute Gasteiger partial charge is 0.342 e. The highest BCUT2D eigenvalue weighted by molar-refractivity contribution is 5.95. The first-order valence-electron chi connectivity index (χ1n) is 10.8. The van der Waals surface area contributed by atoms with Crippen molar-refractivity contribution in [2.45, 2.75) is 39.0 Å². The average Bonchev–Trinajstić information content (AvgIpc) is 3.43. The van der Waals surface area contributed by atoms with Gasteiger partial charge < -0.3 is 14.7 Å². The molecule has 158 valence electrons. The second-order valence-electron chi connectivity index (χ2n) is 8.77. The lowest BCUT2D eigenvalue weighted by atomic mass is 9.95. The number of carbonyl (C=O) groups excluding carboxylic acids is 3. The third-order valence-electron chi connectivity index (χ3n) is 6.61. The Morgan fingerprint density at radius 3 is 2.41 bits per heavy atom. The number of amides is 3. The van der Waals surface area contributed by atoms with Crippen LogP contribution in [-0.2, 0) is 16.6 Å². The third kappa shape index (κ3) is 4.16. The van der Waals surface area contributed by atoms with Gasteiger partial charge in [0.2, 0.25) is 11.8 Å². The molecule has 4 heterocycles. The van der Waals surface area contributed by atoms with E-state index in [0.29, 0.717) is 44.1 Å². The molecule has 3 aliphatic rings. The van der Waals surface area contributed by atoms with Crippen LogP contribution in [0.1, 0.15) is 48.2 Å². The average molecular weight is 402 g/mol. The van der Waals surface area contributed by atoms with Crippen LogP contribution in [0.3, 0.4) is 0 Å². The van der Waals surface area contributed by atoms with Gasteiger partial charge in [-0.2, -0.15) is 5.10 Å². The molecule has 3 fully saturated rings. The molecule has 29 heavy (non-hydrogen) atoms. The molecule has 1 aromatic heterocycles. The highest BCUT2D eigenvalue weighted by Crippen LogP contribution is 2.26. The molecule has 4 rings (SSSR count). The van der Waals surface area contributed by atoms with Gasteiger partial charge in [0.25, 0.3) is 5.91 Å². The number of nitrogens with zero attached hydrogens (tertiary/aromatic N) is 5. The number of hydrogen-bond donors (Lipinski definition) is 0. The molecule has 0 saturated carbocycles. The van der Waals surface area contributed by atoms with Gasteiger partial charge in [-0.25, -0.2) is 0 Å². The van der Waals surface area contributed by atoms with Crippen molar-refractivity contribution in [2.75, 3.05) is 39.3 Å². The van der Waals surface area contributed by atoms with Crippen LogP contribution < -0.4 is 0 Å². The lowest BCUT2D eigenvalue weighted by Gasteiger charge is -2.34. The molecule has 3 amide bonds. The van der Waals surface area contributed by atoms with E-state index in [0.717, 1.165) is 44.5 Å². The number of hydrogen-bond acceptors (Lipinski definition) is 4. The zero-order valence-corrected chi connectivity index (χ0v) is 17.5. The highest BCUT2D eigenvalue weighted by Gasteiger charge is 2.38. The van der Waals surface area contributed by atoms with Crippen molar-refractivity contribution in [3.63, 3.8) is 0 Å². The molecule has 0 aliphatic carbocycles. The van der Waals surface area contributed by atoms with Gasteiger partial charge in [0.15, 0.2) is 0 Å². The van der Waals surface area contributed by atoms with Gasteiger partial charge in [0, 0.05) is 58.9 Å². The standard InChI is InChI=1S/C21H31N5O3/c1-15-18(14-23(2)22-15)21(29)25-9-5-16(6-10-25)12-26-13-17(11-19(26)27)20(28)24-7-3-4-8-24/h14,16-17H,3-13H2,1-2H3. The lowest BCUT2D eigenvalue weighted by molar-refractivity contribution is -0.134. The fourth-order valence-electron chi connectivity index (χ4n) is 4.92. The van der Waals surface area contributed by atoms with E-state index >= 15 is 0 Å². The quantitative estimate of drug-likeness (QED) is 0.756. The number of aryl methyl sites for hydroxylation is 2. The van der Waals surface area contributed by atoms with Crippen molar-refractivity contribution in [1.82, 2.24) is 24.5 Å². The second kappa shape index (κ2) is 8.16. The number of likely N-dealkylation sites (tertiary alicyclic amines) is 3. The Morgan fingerprint density at radius 2 is 1.79 bits per heavy atom. The van der Waals surface area contributed by atoms with Crippen LogP contribution in [0.15, 0.2) is 6.20 Å². The minimum Gasteiger partial charge on any atom is -0.342 e. The van der Waals surface area contributed by atoms with Crippen LogP contribution in [0.4, 0.5) is 0 Å². The summed E-state index contributed by atoms with van der Waals surface area (Å²) in [6.07, 6.45) is 6.06. The molecule has 1 atom stereocenters. The first-order valence-corrected chi connectivity index (χ1v) is 10.8. The van der Waals surface area contributed by atoms with Gasteiger partial charge in [-0.15, -0.1) is 0 Å². The van der Waals surface area contributed by atoms with E-state index in [1.165, 1.54) is 0 Å². The van der Waals surface area contributed by atoms with Crippen molar-refractivity contribution in [3.8, 4) is 0 Å². The molecular weight excluding hydrogens is 370 g/mol. The van der Waals surface area contributed by atoms with Crippen molar-refractivity contribution in [1.29, 1.82) is 0 Å². The molecule has 1 unspecified atom stereocenters. The topological polar surface area (TPSA) is 78.8 Å². The molecular formula is C21H31N5O3. The van der Waals surface area contributed by atoms with Gasteiger partial charge in [-0.05, 0) is 38.5 Å². The molecule has 0 spiro atoms. The summed E-state index contributed by atoms with van der Waals surface area (Å²) in [4.78, 5) is 43.5. The van der Waals surface area contributed by atoms with E-state index in [1.807, 2.05) is 28.7 Å². The Hall–Kier alpha value is -2.38. The van der Waals surface area contributed by atoms with Gasteiger partial charge in [-0.3, -0.25) is 19.1 Å². The number of piperidine rings is 1. The zero-order chi connectivity index (χ0) is 20.5. The summed E-state index contributed by atoms with van der Waals surface area (Å²) in [5.41, 5.74) is 1.43. The first kappa shape index (κ1) is 19.9. The zero-order valence-electron chi connectivity index (χ0n) is 17.5. The minimum absolute atomic E-state index is 0.0440. The molecule has 3 saturated heterocycles. The fourth-order valence-corrected chi connectivity index (χ4v) is 4.92. The van der Waals surface area contributed by atoms with Gasteiger partial charge in [-0.1, -0.05) is 0 Å². The van der Waals surface area contributed by atoms with Crippen LogP contribution in [0.25, 0.3) is 0 Å². The van der Waals surface area contributed by atoms with Crippen LogP contribution in [0.5, 0.6) is 0 Å². The van der Waals surface area contributed by atoms with Crippen molar-refractivity contribution in [3.05, 3.63) is 17.5 Å². The number of carbonyl (C=O) groups is 3. The van der Waals surface area contributed by atoms with E-state index < -0.39 is 0 Å². The molecule has 8 nitrogen and oxygen atoms in total. The van der Waals surface area contributed by atoms with Crippen molar-refractivity contribution < 1.29 is 14.4 Å². The third-order valence-corrected chi connectivity index (χ3v) is 6.61. The number of rotatable bonds is 4. The summed E-state index contributed by atoms with van der Waals surface area (Å²) in [6, 6.07) is 0. The Kier molecular flexibility index (Phi) is 5.61. The highest BCUT2D eigenvalue weighted by atomic mass is 16.2. The molecule has 0 bridgehead atoms. The first-order chi connectivity index (χ1) is 13.9. The minimum atomic E-state index is -0.171. The summed E-state index contributed by atoms with van der Waals surface area (Å²) in [6.45, 7) is 6.21. The summed E-state index contributed by atoms with van der Waals surface area (Å²) in [5.74, 6) is 0.523. The van der Waals surface area contributed by atoms with E-state index in [4.69, 9.17) is 0 Å². The maximum absolute atomic E-state index is 12.7. The van der Waals surface area contributed by atoms with Crippen LogP contribution in [0.2, 0.25) is 0 Å². The predicted octanol–water partition coefficient (Wildman–Crippen LogP) is 1.05. The van der Waals surface area contributed by atoms with E-state index in [9.17, 15) is 14.4 Å². The molecule has 8 heteroatoms. The summed E-state index contributed by atoms with van der Waals surface area (Å²) >= 11 is 0. The Labute approximate surface area is 171 Å². The normalized spacial score (nSPS) is 23.3. The van der Waals surface area contributed by atoms with Crippen LogP contribution in [0, 0.1) is 18.8 Å². The smallest absolute Gasteiger partial charge is 0.257 e. The van der Waals surface area contributed by atoms with E-state index in [2.05, 4.69) is 5.10 Å². The van der Waals surface area contributed by atoms with Gasteiger partial charge in [0.1, 0.15) is 0 Å². The maximum atomic E-state index is 12.7. The Balaban J connectivity index is 1.27. The Morgan fingerprint density at radius 1 is 1.10 bits per heavy atom. The second-order valence-corrected chi connectivity index (χ2v) is 8.77. The molecule has 0 N–H and O–H groups in total. The summed E-state index contributed by atoms with van der Waals surface area (Å²) in [7, 11) is 1.82. The van der Waals surface area contributed by atoms with Crippen molar-refractivity contribution in [2.24, 2.45) is 18.9 Å². The Bertz CT molecular complexity index is 790. The molecule has 3 aliphatic heterocycles. The van der Waals surface area contributed by atoms with Gasteiger partial charge >= 0.3 is 0 Å². The van der Waals surface area contributed by atoms with Crippen LogP contribution >= 0.6 is 0 Å². The predicted molar refractivity (Wildman–Crippen MR) is 107 cm³/mol. The monoisotopic (exact) mass is 401 g/mol. The molecule has 0 aromatic carbocycles. The number of aromatic nitrogens is 2.